The summed E-state index contributed by atoms with van der Waals surface area (Å²) < 4.78 is 5.17. The van der Waals surface area contributed by atoms with Gasteiger partial charge in [-0.2, -0.15) is 0 Å². The van der Waals surface area contributed by atoms with E-state index in [9.17, 15) is 14.9 Å². The molecule has 1 atom stereocenters. The Balaban J connectivity index is 2.71. The second-order valence-corrected chi connectivity index (χ2v) is 4.65. The molecule has 0 aliphatic heterocycles. The number of carbonyl (C=O) groups is 1. The minimum Gasteiger partial charge on any atom is -0.496 e. The predicted octanol–water partition coefficient (Wildman–Crippen LogP) is 1.61. The fourth-order valence-corrected chi connectivity index (χ4v) is 1.77. The van der Waals surface area contributed by atoms with Crippen LogP contribution in [0.1, 0.15) is 25.8 Å². The van der Waals surface area contributed by atoms with Crippen molar-refractivity contribution in [3.63, 3.8) is 0 Å². The maximum absolute atomic E-state index is 11.7. The van der Waals surface area contributed by atoms with E-state index in [0.29, 0.717) is 24.4 Å². The normalized spacial score (nSPS) is 11.8. The molecule has 2 N–H and O–H groups in total. The van der Waals surface area contributed by atoms with E-state index in [1.807, 2.05) is 6.92 Å². The van der Waals surface area contributed by atoms with Crippen molar-refractivity contribution in [1.29, 1.82) is 0 Å². The van der Waals surface area contributed by atoms with Crippen LogP contribution in [-0.4, -0.2) is 30.5 Å². The van der Waals surface area contributed by atoms with E-state index in [2.05, 4.69) is 10.6 Å². The first-order valence-electron chi connectivity index (χ1n) is 6.82. The van der Waals surface area contributed by atoms with Crippen LogP contribution in [0.5, 0.6) is 5.75 Å². The van der Waals surface area contributed by atoms with Crippen LogP contribution in [0.25, 0.3) is 0 Å². The van der Waals surface area contributed by atoms with Gasteiger partial charge in [-0.3, -0.25) is 14.9 Å². The molecule has 0 aromatic heterocycles. The zero-order chi connectivity index (χ0) is 15.8. The van der Waals surface area contributed by atoms with Gasteiger partial charge in [0.05, 0.1) is 18.1 Å². The number of non-ortho nitro benzene ring substituents is 1. The molecule has 21 heavy (non-hydrogen) atoms. The summed E-state index contributed by atoms with van der Waals surface area (Å²) in [6.07, 6.45) is 0.872. The number of rotatable bonds is 8. The lowest BCUT2D eigenvalue weighted by molar-refractivity contribution is -0.384. The molecule has 7 nitrogen and oxygen atoms in total. The summed E-state index contributed by atoms with van der Waals surface area (Å²) >= 11 is 0. The molecular weight excluding hydrogens is 274 g/mol. The highest BCUT2D eigenvalue weighted by Crippen LogP contribution is 2.23. The number of carbonyl (C=O) groups excluding carboxylic acids is 1. The summed E-state index contributed by atoms with van der Waals surface area (Å²) in [5.41, 5.74) is 0.637. The van der Waals surface area contributed by atoms with Gasteiger partial charge >= 0.3 is 0 Å². The van der Waals surface area contributed by atoms with Crippen LogP contribution in [-0.2, 0) is 11.3 Å². The third-order valence-electron chi connectivity index (χ3n) is 3.02. The van der Waals surface area contributed by atoms with E-state index < -0.39 is 4.92 Å². The highest BCUT2D eigenvalue weighted by atomic mass is 16.6. The van der Waals surface area contributed by atoms with Gasteiger partial charge in [0.1, 0.15) is 5.75 Å². The van der Waals surface area contributed by atoms with E-state index in [4.69, 9.17) is 4.74 Å². The molecule has 0 radical (unpaired) electrons. The van der Waals surface area contributed by atoms with Crippen LogP contribution in [0.15, 0.2) is 18.2 Å². The molecular formula is C14H21N3O4. The van der Waals surface area contributed by atoms with Crippen LogP contribution in [0.2, 0.25) is 0 Å². The highest BCUT2D eigenvalue weighted by molar-refractivity contribution is 5.81. The second kappa shape index (κ2) is 8.21. The smallest absolute Gasteiger partial charge is 0.270 e. The monoisotopic (exact) mass is 295 g/mol. The minimum atomic E-state index is -0.458. The van der Waals surface area contributed by atoms with Crippen LogP contribution < -0.4 is 15.4 Å². The molecule has 0 saturated carbocycles. The zero-order valence-electron chi connectivity index (χ0n) is 12.5. The molecule has 0 fully saturated rings. The third kappa shape index (κ3) is 5.03. The molecule has 0 heterocycles. The first kappa shape index (κ1) is 16.9. The number of hydrogen-bond donors (Lipinski definition) is 2. The summed E-state index contributed by atoms with van der Waals surface area (Å²) in [6, 6.07) is 4.00. The fraction of sp³-hybridized carbons (Fsp3) is 0.500. The molecule has 7 heteroatoms. The fourth-order valence-electron chi connectivity index (χ4n) is 1.77. The molecule has 0 saturated heterocycles. The van der Waals surface area contributed by atoms with E-state index >= 15 is 0 Å². The molecule has 1 unspecified atom stereocenters. The second-order valence-electron chi connectivity index (χ2n) is 4.65. The van der Waals surface area contributed by atoms with Gasteiger partial charge in [0.15, 0.2) is 0 Å². The Bertz CT molecular complexity index is 505. The van der Waals surface area contributed by atoms with E-state index in [0.717, 1.165) is 6.42 Å². The quantitative estimate of drug-likeness (QED) is 0.561. The molecule has 0 aliphatic carbocycles. The van der Waals surface area contributed by atoms with Crippen molar-refractivity contribution in [2.24, 2.45) is 0 Å². The Morgan fingerprint density at radius 1 is 1.48 bits per heavy atom. The van der Waals surface area contributed by atoms with Gasteiger partial charge in [-0.25, -0.2) is 0 Å². The van der Waals surface area contributed by atoms with Gasteiger partial charge in [-0.15, -0.1) is 0 Å². The first-order valence-corrected chi connectivity index (χ1v) is 6.82. The maximum atomic E-state index is 11.7. The lowest BCUT2D eigenvalue weighted by atomic mass is 10.1. The van der Waals surface area contributed by atoms with Crippen molar-refractivity contribution in [2.45, 2.75) is 32.9 Å². The molecule has 116 valence electrons. The van der Waals surface area contributed by atoms with Gasteiger partial charge < -0.3 is 15.4 Å². The number of amides is 1. The summed E-state index contributed by atoms with van der Waals surface area (Å²) in [5.74, 6) is 0.454. The lowest BCUT2D eigenvalue weighted by Crippen LogP contribution is -2.42. The Kier molecular flexibility index (Phi) is 6.61. The minimum absolute atomic E-state index is 0.00399. The third-order valence-corrected chi connectivity index (χ3v) is 3.02. The number of nitrogens with one attached hydrogen (secondary N) is 2. The molecule has 1 amide bonds. The standard InChI is InChI=1S/C14H21N3O4/c1-4-7-15-14(18)10(2)16-9-11-8-12(17(19)20)5-6-13(11)21-3/h5-6,8,10,16H,4,7,9H2,1-3H3,(H,15,18). The number of nitrogens with zero attached hydrogens (tertiary/aromatic N) is 1. The van der Waals surface area contributed by atoms with Crippen molar-refractivity contribution in [1.82, 2.24) is 10.6 Å². The number of benzene rings is 1. The van der Waals surface area contributed by atoms with Crippen molar-refractivity contribution >= 4 is 11.6 Å². The molecule has 0 aliphatic rings. The Morgan fingerprint density at radius 2 is 2.19 bits per heavy atom. The molecule has 1 rings (SSSR count). The summed E-state index contributed by atoms with van der Waals surface area (Å²) in [6.45, 7) is 4.66. The molecule has 1 aromatic carbocycles. The largest absolute Gasteiger partial charge is 0.496 e. The van der Waals surface area contributed by atoms with Crippen molar-refractivity contribution < 1.29 is 14.5 Å². The average molecular weight is 295 g/mol. The Morgan fingerprint density at radius 3 is 2.76 bits per heavy atom. The number of hydrogen-bond acceptors (Lipinski definition) is 5. The van der Waals surface area contributed by atoms with Gasteiger partial charge in [0.2, 0.25) is 5.91 Å². The first-order chi connectivity index (χ1) is 9.99. The van der Waals surface area contributed by atoms with Crippen LogP contribution >= 0.6 is 0 Å². The van der Waals surface area contributed by atoms with Gasteiger partial charge in [-0.1, -0.05) is 6.92 Å². The van der Waals surface area contributed by atoms with Crippen molar-refractivity contribution in [2.75, 3.05) is 13.7 Å². The summed E-state index contributed by atoms with van der Waals surface area (Å²) in [7, 11) is 1.50. The van der Waals surface area contributed by atoms with Crippen LogP contribution in [0, 0.1) is 10.1 Å². The lowest BCUT2D eigenvalue weighted by Gasteiger charge is -2.15. The van der Waals surface area contributed by atoms with Gasteiger partial charge in [0.25, 0.3) is 5.69 Å². The number of methoxy groups -OCH3 is 1. The van der Waals surface area contributed by atoms with Crippen LogP contribution in [0.4, 0.5) is 5.69 Å². The van der Waals surface area contributed by atoms with Gasteiger partial charge in [0, 0.05) is 30.8 Å². The molecule has 0 spiro atoms. The van der Waals surface area contributed by atoms with Crippen molar-refractivity contribution in [3.05, 3.63) is 33.9 Å². The van der Waals surface area contributed by atoms with E-state index in [1.165, 1.54) is 19.2 Å². The molecule has 0 bridgehead atoms. The van der Waals surface area contributed by atoms with E-state index in [1.54, 1.807) is 13.0 Å². The summed E-state index contributed by atoms with van der Waals surface area (Å²) in [5, 5.41) is 16.6. The number of nitro groups is 1. The number of nitro benzene ring substituents is 1. The topological polar surface area (TPSA) is 93.5 Å². The zero-order valence-corrected chi connectivity index (χ0v) is 12.5. The van der Waals surface area contributed by atoms with Gasteiger partial charge in [-0.05, 0) is 19.4 Å². The Hall–Kier alpha value is -2.15. The molecule has 1 aromatic rings. The van der Waals surface area contributed by atoms with Crippen molar-refractivity contribution in [3.8, 4) is 5.75 Å². The van der Waals surface area contributed by atoms with E-state index in [-0.39, 0.29) is 17.6 Å². The highest BCUT2D eigenvalue weighted by Gasteiger charge is 2.15. The predicted molar refractivity (Wildman–Crippen MR) is 79.3 cm³/mol. The number of ether oxygens (including phenoxy) is 1. The SMILES string of the molecule is CCCNC(=O)C(C)NCc1cc([N+](=O)[O-])ccc1OC. The van der Waals surface area contributed by atoms with Crippen LogP contribution in [0.3, 0.4) is 0 Å². The maximum Gasteiger partial charge on any atom is 0.270 e. The Labute approximate surface area is 123 Å². The summed E-state index contributed by atoms with van der Waals surface area (Å²) in [4.78, 5) is 22.1. The average Bonchev–Trinajstić information content (AvgIpc) is 2.49.